The van der Waals surface area contributed by atoms with Gasteiger partial charge in [0.2, 0.25) is 54.4 Å². The Labute approximate surface area is 867 Å². The number of rotatable bonds is 19. The summed E-state index contributed by atoms with van der Waals surface area (Å²) in [5.74, 6) is 0.229. The van der Waals surface area contributed by atoms with E-state index in [0.29, 0.717) is 92.2 Å². The quantitative estimate of drug-likeness (QED) is 0.0203. The van der Waals surface area contributed by atoms with Crippen LogP contribution < -0.4 is 40.7 Å². The molecule has 750 valence electrons. The Morgan fingerprint density at radius 3 is 0.953 bits per heavy atom. The number of aromatic nitrogens is 14. The summed E-state index contributed by atoms with van der Waals surface area (Å²) in [7, 11) is -29.3. The molecule has 5 aromatic heterocycles. The van der Waals surface area contributed by atoms with E-state index in [4.69, 9.17) is 72.2 Å². The zero-order chi connectivity index (χ0) is 105. The second kappa shape index (κ2) is 42.7. The van der Waals surface area contributed by atoms with Crippen LogP contribution in [0.5, 0.6) is 11.5 Å². The van der Waals surface area contributed by atoms with Crippen molar-refractivity contribution in [1.29, 1.82) is 0 Å². The molecule has 0 atom stereocenters. The molecule has 7 heterocycles. The fourth-order valence-electron chi connectivity index (χ4n) is 15.2. The molecule has 0 amide bonds. The van der Waals surface area contributed by atoms with Crippen molar-refractivity contribution in [3.63, 3.8) is 0 Å². The fourth-order valence-corrected chi connectivity index (χ4v) is 18.5. The first-order valence-corrected chi connectivity index (χ1v) is 55.0. The van der Waals surface area contributed by atoms with Crippen LogP contribution in [0.25, 0.3) is 133 Å². The number of nitrogens with one attached hydrogen (secondary N) is 6. The second-order valence-corrected chi connectivity index (χ2v) is 43.3. The van der Waals surface area contributed by atoms with E-state index in [0.717, 1.165) is 96.7 Å². The van der Waals surface area contributed by atoms with Crippen molar-refractivity contribution in [3.8, 4) is 57.1 Å². The molecular formula is C94H70Cl2N24O21S7Zn. The minimum absolute atomic E-state index is 0. The molecule has 8 bridgehead atoms. The minimum Gasteiger partial charge on any atom is -0.505 e. The molecule has 0 spiro atoms. The smallest absolute Gasteiger partial charge is 0.505 e. The average molecular weight is 2230 g/mol. The number of azo groups is 2. The van der Waals surface area contributed by atoms with Gasteiger partial charge in [0.05, 0.1) is 87.3 Å². The molecule has 55 heteroatoms. The van der Waals surface area contributed by atoms with Gasteiger partial charge in [-0.1, -0.05) is 194 Å². The molecule has 0 radical (unpaired) electrons. The van der Waals surface area contributed by atoms with E-state index >= 15 is 0 Å². The number of sulfonamides is 2. The number of fused-ring (bicyclic) bond motifs is 24. The van der Waals surface area contributed by atoms with Crippen LogP contribution >= 0.6 is 23.2 Å². The summed E-state index contributed by atoms with van der Waals surface area (Å²) in [4.78, 5) is 61.6. The van der Waals surface area contributed by atoms with Gasteiger partial charge in [-0.3, -0.25) is 32.2 Å². The van der Waals surface area contributed by atoms with E-state index in [9.17, 15) is 82.8 Å². The number of hydrogen-bond donors (Lipinski definition) is 13. The SMILES string of the molecule is CS(=O)(=O)Nc1cccc(Nc2nc(Cl)nc(Nc3cc(S(=O)(=O)O)cc4cc(S(=O)(=O)O)c(N=Nc5cccc6ccccc56)c(O)c34)n2)c1.CS(=O)(=O)Nc1cccc(Nc2nc(Cl)nc(Nc3cccc4cc(S(=O)(=O)O)c(N=Nc5cccc6ccccc56)c(O)c34)n2)c1.CS(=O)(=O)O.CS(=O)(=O)O.[Zn+2].c1ccc2c(c1)-c1nc-2nc2[n-]c(nc3nc(nc4[n-]c(n1)c1ccccc41)-c1ccccc1-3)c1ccccc21. The summed E-state index contributed by atoms with van der Waals surface area (Å²) < 4.78 is 207. The Morgan fingerprint density at radius 2 is 0.591 bits per heavy atom. The van der Waals surface area contributed by atoms with Crippen LogP contribution in [0.3, 0.4) is 0 Å². The number of hydrogen-bond acceptors (Lipinski definition) is 36. The van der Waals surface area contributed by atoms with Gasteiger partial charge in [-0.15, -0.1) is 20.5 Å². The third-order valence-corrected chi connectivity index (χ3v) is 25.1. The van der Waals surface area contributed by atoms with Gasteiger partial charge in [0.15, 0.2) is 11.5 Å². The maximum absolute atomic E-state index is 12.5. The van der Waals surface area contributed by atoms with Crippen LogP contribution in [0.4, 0.5) is 80.7 Å². The Kier molecular flexibility index (Phi) is 30.2. The predicted molar refractivity (Wildman–Crippen MR) is 558 cm³/mol. The molecule has 149 heavy (non-hydrogen) atoms. The molecule has 0 saturated carbocycles. The van der Waals surface area contributed by atoms with Crippen molar-refractivity contribution in [3.05, 3.63) is 284 Å². The normalized spacial score (nSPS) is 12.0. The Morgan fingerprint density at radius 1 is 0.289 bits per heavy atom. The van der Waals surface area contributed by atoms with Crippen LogP contribution in [0.1, 0.15) is 0 Å². The van der Waals surface area contributed by atoms with Gasteiger partial charge in [-0.05, 0) is 145 Å². The van der Waals surface area contributed by atoms with E-state index < -0.39 is 108 Å². The monoisotopic (exact) mass is 2230 g/mol. The van der Waals surface area contributed by atoms with Crippen molar-refractivity contribution in [2.24, 2.45) is 20.5 Å². The number of halogens is 2. The Bertz CT molecular complexity index is 9460. The molecule has 13 N–H and O–H groups in total. The molecule has 21 rings (SSSR count). The summed E-state index contributed by atoms with van der Waals surface area (Å²) in [6, 6.07) is 77.6. The molecule has 0 saturated heterocycles. The van der Waals surface area contributed by atoms with E-state index in [1.807, 2.05) is 140 Å². The first-order chi connectivity index (χ1) is 70.1. The number of benzene rings is 14. The molecule has 0 aliphatic carbocycles. The van der Waals surface area contributed by atoms with E-state index in [1.54, 1.807) is 84.9 Å². The first-order valence-electron chi connectivity index (χ1n) is 42.4. The summed E-state index contributed by atoms with van der Waals surface area (Å²) in [5.41, 5.74) is 6.55. The summed E-state index contributed by atoms with van der Waals surface area (Å²) >= 11 is 12.3. The minimum atomic E-state index is -5.11. The fraction of sp³-hybridized carbons (Fsp3) is 0.0426. The summed E-state index contributed by atoms with van der Waals surface area (Å²) in [6.07, 6.45) is 3.44. The largest absolute Gasteiger partial charge is 2.00 e. The topological polar surface area (TPSA) is 685 Å². The maximum Gasteiger partial charge on any atom is 2.00 e. The number of phenolic OH excluding ortho intramolecular Hbond substituents is 2. The summed E-state index contributed by atoms with van der Waals surface area (Å²) in [5, 5.41) is 56.7. The van der Waals surface area contributed by atoms with Crippen LogP contribution in [0.15, 0.2) is 308 Å². The summed E-state index contributed by atoms with van der Waals surface area (Å²) in [6.45, 7) is 0. The maximum atomic E-state index is 12.5. The zero-order valence-electron chi connectivity index (χ0n) is 76.7. The Hall–Kier alpha value is -16.2. The molecule has 2 aliphatic heterocycles. The van der Waals surface area contributed by atoms with Crippen LogP contribution in [-0.2, 0) is 90.1 Å². The molecule has 0 unspecified atom stereocenters. The molecule has 45 nitrogen and oxygen atoms in total. The van der Waals surface area contributed by atoms with Crippen molar-refractivity contribution in [2.75, 3.05) is 55.7 Å². The molecule has 19 aromatic rings. The Balaban J connectivity index is 0.000000152. The molecule has 14 aromatic carbocycles. The van der Waals surface area contributed by atoms with Gasteiger partial charge in [-0.25, -0.2) is 26.8 Å². The number of aromatic hydroxyl groups is 2. The second-order valence-electron chi connectivity index (χ2n) is 32.0. The van der Waals surface area contributed by atoms with Gasteiger partial charge in [0, 0.05) is 77.8 Å². The van der Waals surface area contributed by atoms with Gasteiger partial charge < -0.3 is 61.4 Å². The third kappa shape index (κ3) is 25.7. The van der Waals surface area contributed by atoms with Gasteiger partial charge >= 0.3 is 19.5 Å². The van der Waals surface area contributed by atoms with Gasteiger partial charge in [-0.2, -0.15) is 72.0 Å². The number of nitrogens with zero attached hydrogens (tertiary/aromatic N) is 18. The molecular weight excluding hydrogens is 2160 g/mol. The zero-order valence-corrected chi connectivity index (χ0v) is 86.9. The molecule has 0 fully saturated rings. The van der Waals surface area contributed by atoms with E-state index in [2.05, 4.69) is 81.1 Å². The third-order valence-electron chi connectivity index (χ3n) is 21.0. The van der Waals surface area contributed by atoms with Crippen LogP contribution in [0, 0.1) is 0 Å². The van der Waals surface area contributed by atoms with E-state index in [1.165, 1.54) is 24.3 Å². The van der Waals surface area contributed by atoms with Gasteiger partial charge in [0.1, 0.15) is 21.2 Å². The van der Waals surface area contributed by atoms with E-state index in [-0.39, 0.29) is 92.4 Å². The predicted octanol–water partition coefficient (Wildman–Crippen LogP) is 18.5. The van der Waals surface area contributed by atoms with Crippen molar-refractivity contribution >= 4 is 262 Å². The van der Waals surface area contributed by atoms with Crippen LogP contribution in [-0.4, -0.2) is 177 Å². The van der Waals surface area contributed by atoms with Gasteiger partial charge in [0.25, 0.3) is 50.6 Å². The average Bonchev–Trinajstić information content (AvgIpc) is 1.29. The standard InChI is InChI=1S/C32H16N8.C30H23ClN8O9S3.C30H23ClN8O6S2.2CH4O3S.Zn/c1-2-10-18-17(9-1)25-33-26(18)38-28-21-13-5-6-14-22(21)30(35-28)40-32-24-16-8-7-15-23(24)31(36-32)39-29-20-12-4-3-11-19(20)27(34-29)37-25;1-49(41,42)39-19-9-5-8-18(14-19)32-29-34-28(31)35-30(36-29)33-23-15-20(50(43,44)45)12-17-13-24(51(46,47)48)26(27(40)25(17)23)38-37-22-11-4-7-16-6-2-3-10-21(16)22;1-46(41,42)39-20-11-6-10-19(16-20)32-29-34-28(31)35-30(36-29)33-23-14-5-9-18-15-24(47(43,44)45)26(27(40)25(18)23)38-37-22-13-4-8-17-7-2-3-12-21(17)22;2*1-5(2,3)4;/h1-16H;2-15,39-40H,1H3,(H,43,44,45)(H,46,47,48)(H2,32,33,34,35,36);2-16,39-40H,1H3,(H,43,44,45)(H2,32,33,34,35,36);2*1H3,(H,2,3,4);/q-2;;;;;+2. The van der Waals surface area contributed by atoms with Crippen LogP contribution in [0.2, 0.25) is 10.6 Å². The number of anilines is 10. The van der Waals surface area contributed by atoms with Crippen molar-refractivity contribution in [2.45, 2.75) is 14.7 Å². The number of phenols is 2. The van der Waals surface area contributed by atoms with Crippen molar-refractivity contribution < 1.29 is 111 Å². The van der Waals surface area contributed by atoms with Crippen molar-refractivity contribution in [1.82, 2.24) is 69.8 Å². The first kappa shape index (κ1) is 106. The molecule has 2 aliphatic rings.